The second kappa shape index (κ2) is 9.01. The van der Waals surface area contributed by atoms with E-state index >= 15 is 0 Å². The number of halogens is 1. The molecule has 23 heavy (non-hydrogen) atoms. The molecule has 0 spiro atoms. The van der Waals surface area contributed by atoms with Crippen LogP contribution in [0.4, 0.5) is 0 Å². The summed E-state index contributed by atoms with van der Waals surface area (Å²) < 4.78 is 0. The molecule has 3 N–H and O–H groups in total. The average Bonchev–Trinajstić information content (AvgIpc) is 3.00. The summed E-state index contributed by atoms with van der Waals surface area (Å²) in [5, 5.41) is 6.39. The van der Waals surface area contributed by atoms with Crippen molar-refractivity contribution in [2.45, 2.75) is 38.6 Å². The summed E-state index contributed by atoms with van der Waals surface area (Å²) >= 11 is 7.68. The van der Waals surface area contributed by atoms with Crippen LogP contribution in [0.3, 0.4) is 0 Å². The lowest BCUT2D eigenvalue weighted by molar-refractivity contribution is -0.121. The van der Waals surface area contributed by atoms with E-state index in [0.717, 1.165) is 35.5 Å². The van der Waals surface area contributed by atoms with E-state index in [9.17, 15) is 4.79 Å². The zero-order valence-corrected chi connectivity index (χ0v) is 14.8. The number of amides is 1. The van der Waals surface area contributed by atoms with Gasteiger partial charge in [0.15, 0.2) is 0 Å². The monoisotopic (exact) mass is 351 g/mol. The topological polar surface area (TPSA) is 68.0 Å². The first-order valence-electron chi connectivity index (χ1n) is 7.82. The van der Waals surface area contributed by atoms with E-state index in [4.69, 9.17) is 17.3 Å². The molecule has 0 aliphatic carbocycles. The molecule has 1 atom stereocenters. The Morgan fingerprint density at radius 3 is 2.91 bits per heavy atom. The maximum atomic E-state index is 12.1. The third kappa shape index (κ3) is 5.30. The second-order valence-corrected chi connectivity index (χ2v) is 6.71. The molecule has 0 bridgehead atoms. The van der Waals surface area contributed by atoms with Crippen LogP contribution in [0.2, 0.25) is 5.02 Å². The van der Waals surface area contributed by atoms with Crippen molar-refractivity contribution in [1.29, 1.82) is 0 Å². The van der Waals surface area contributed by atoms with Gasteiger partial charge in [0.1, 0.15) is 5.01 Å². The first-order chi connectivity index (χ1) is 11.1. The molecule has 0 fully saturated rings. The normalized spacial score (nSPS) is 12.1. The van der Waals surface area contributed by atoms with Gasteiger partial charge in [0, 0.05) is 23.5 Å². The molecule has 124 valence electrons. The molecule has 0 radical (unpaired) electrons. The van der Waals surface area contributed by atoms with Gasteiger partial charge in [-0.1, -0.05) is 49.6 Å². The van der Waals surface area contributed by atoms with E-state index in [0.29, 0.717) is 11.6 Å². The van der Waals surface area contributed by atoms with Crippen LogP contribution < -0.4 is 11.1 Å². The molecule has 2 aromatic rings. The van der Waals surface area contributed by atoms with Crippen molar-refractivity contribution < 1.29 is 4.79 Å². The van der Waals surface area contributed by atoms with E-state index in [1.165, 1.54) is 11.3 Å². The molecule has 1 amide bonds. The lowest BCUT2D eigenvalue weighted by Gasteiger charge is -2.15. The van der Waals surface area contributed by atoms with Crippen LogP contribution >= 0.6 is 22.9 Å². The average molecular weight is 352 g/mol. The van der Waals surface area contributed by atoms with Gasteiger partial charge in [0.25, 0.3) is 0 Å². The fraction of sp³-hybridized carbons (Fsp3) is 0.412. The van der Waals surface area contributed by atoms with Crippen LogP contribution in [0.25, 0.3) is 10.6 Å². The number of unbranched alkanes of at least 4 members (excludes halogenated alkanes) is 1. The number of thiazole rings is 1. The Labute approximate surface area is 146 Å². The van der Waals surface area contributed by atoms with Gasteiger partial charge < -0.3 is 11.1 Å². The van der Waals surface area contributed by atoms with Crippen molar-refractivity contribution in [3.05, 3.63) is 40.4 Å². The number of aromatic nitrogens is 1. The first-order valence-corrected chi connectivity index (χ1v) is 9.08. The van der Waals surface area contributed by atoms with Crippen LogP contribution in [0.1, 0.15) is 31.9 Å². The summed E-state index contributed by atoms with van der Waals surface area (Å²) in [5.41, 5.74) is 7.36. The van der Waals surface area contributed by atoms with Crippen LogP contribution in [-0.2, 0) is 11.2 Å². The predicted molar refractivity (Wildman–Crippen MR) is 96.8 cm³/mol. The molecule has 4 nitrogen and oxygen atoms in total. The Bertz CT molecular complexity index is 644. The number of carbonyl (C=O) groups excluding carboxylic acids is 1. The number of hydrogen-bond donors (Lipinski definition) is 2. The Morgan fingerprint density at radius 2 is 2.22 bits per heavy atom. The number of benzene rings is 1. The predicted octanol–water partition coefficient (Wildman–Crippen LogP) is 3.64. The highest BCUT2D eigenvalue weighted by Gasteiger charge is 2.14. The molecule has 2 rings (SSSR count). The van der Waals surface area contributed by atoms with E-state index < -0.39 is 0 Å². The molecule has 1 heterocycles. The number of rotatable bonds is 8. The van der Waals surface area contributed by atoms with Crippen LogP contribution in [0.5, 0.6) is 0 Å². The van der Waals surface area contributed by atoms with Gasteiger partial charge in [-0.2, -0.15) is 0 Å². The fourth-order valence-electron chi connectivity index (χ4n) is 2.29. The summed E-state index contributed by atoms with van der Waals surface area (Å²) in [6, 6.07) is 7.62. The lowest BCUT2D eigenvalue weighted by atomic mass is 10.1. The minimum Gasteiger partial charge on any atom is -0.352 e. The minimum atomic E-state index is -0.0347. The standard InChI is InChI=1S/C17H22ClN3OS/c1-2-3-6-12(10-19)20-16(22)9-13-11-23-17(21-13)14-7-4-5-8-15(14)18/h4-5,7-8,11-12H,2-3,6,9-10,19H2,1H3,(H,20,22). The van der Waals surface area contributed by atoms with Gasteiger partial charge in [-0.25, -0.2) is 4.98 Å². The van der Waals surface area contributed by atoms with Gasteiger partial charge in [-0.3, -0.25) is 4.79 Å². The maximum absolute atomic E-state index is 12.1. The first kappa shape index (κ1) is 17.9. The quantitative estimate of drug-likeness (QED) is 0.762. The van der Waals surface area contributed by atoms with E-state index in [2.05, 4.69) is 17.2 Å². The summed E-state index contributed by atoms with van der Waals surface area (Å²) in [5.74, 6) is -0.0347. The van der Waals surface area contributed by atoms with Crippen molar-refractivity contribution in [1.82, 2.24) is 10.3 Å². The summed E-state index contributed by atoms with van der Waals surface area (Å²) in [6.45, 7) is 2.59. The molecular weight excluding hydrogens is 330 g/mol. The number of hydrogen-bond acceptors (Lipinski definition) is 4. The highest BCUT2D eigenvalue weighted by molar-refractivity contribution is 7.13. The van der Waals surface area contributed by atoms with Crippen molar-refractivity contribution in [3.63, 3.8) is 0 Å². The second-order valence-electron chi connectivity index (χ2n) is 5.44. The van der Waals surface area contributed by atoms with E-state index in [1.54, 1.807) is 0 Å². The van der Waals surface area contributed by atoms with Crippen molar-refractivity contribution in [2.24, 2.45) is 5.73 Å². The molecule has 1 unspecified atom stereocenters. The van der Waals surface area contributed by atoms with Crippen molar-refractivity contribution in [2.75, 3.05) is 6.54 Å². The smallest absolute Gasteiger partial charge is 0.226 e. The number of nitrogens with two attached hydrogens (primary N) is 1. The van der Waals surface area contributed by atoms with Crippen LogP contribution in [-0.4, -0.2) is 23.5 Å². The number of nitrogens with zero attached hydrogens (tertiary/aromatic N) is 1. The molecule has 1 aromatic carbocycles. The number of nitrogens with one attached hydrogen (secondary N) is 1. The zero-order chi connectivity index (χ0) is 16.7. The Kier molecular flexibility index (Phi) is 7.02. The summed E-state index contributed by atoms with van der Waals surface area (Å²) in [6.07, 6.45) is 3.35. The van der Waals surface area contributed by atoms with Crippen molar-refractivity contribution >= 4 is 28.8 Å². The summed E-state index contributed by atoms with van der Waals surface area (Å²) in [4.78, 5) is 16.6. The highest BCUT2D eigenvalue weighted by atomic mass is 35.5. The third-order valence-corrected chi connectivity index (χ3v) is 4.81. The Balaban J connectivity index is 1.96. The largest absolute Gasteiger partial charge is 0.352 e. The maximum Gasteiger partial charge on any atom is 0.226 e. The van der Waals surface area contributed by atoms with Crippen molar-refractivity contribution in [3.8, 4) is 10.6 Å². The molecular formula is C17H22ClN3OS. The van der Waals surface area contributed by atoms with E-state index in [-0.39, 0.29) is 18.4 Å². The molecule has 6 heteroatoms. The van der Waals surface area contributed by atoms with Gasteiger partial charge in [0.2, 0.25) is 5.91 Å². The number of carbonyl (C=O) groups is 1. The van der Waals surface area contributed by atoms with Gasteiger partial charge in [-0.15, -0.1) is 11.3 Å². The van der Waals surface area contributed by atoms with Gasteiger partial charge in [0.05, 0.1) is 17.1 Å². The highest BCUT2D eigenvalue weighted by Crippen LogP contribution is 2.30. The van der Waals surface area contributed by atoms with Crippen LogP contribution in [0.15, 0.2) is 29.6 Å². The van der Waals surface area contributed by atoms with Gasteiger partial charge in [-0.05, 0) is 12.5 Å². The Morgan fingerprint density at radius 1 is 1.43 bits per heavy atom. The summed E-state index contributed by atoms with van der Waals surface area (Å²) in [7, 11) is 0. The fourth-order valence-corrected chi connectivity index (χ4v) is 3.43. The van der Waals surface area contributed by atoms with Gasteiger partial charge >= 0.3 is 0 Å². The molecule has 0 aliphatic heterocycles. The molecule has 0 saturated carbocycles. The van der Waals surface area contributed by atoms with E-state index in [1.807, 2.05) is 29.6 Å². The molecule has 0 saturated heterocycles. The zero-order valence-electron chi connectivity index (χ0n) is 13.2. The Hall–Kier alpha value is -1.43. The minimum absolute atomic E-state index is 0.0347. The molecule has 1 aromatic heterocycles. The van der Waals surface area contributed by atoms with Crippen LogP contribution in [0, 0.1) is 0 Å². The third-order valence-electron chi connectivity index (χ3n) is 3.55. The SMILES string of the molecule is CCCCC(CN)NC(=O)Cc1csc(-c2ccccc2Cl)n1. The molecule has 0 aliphatic rings. The lowest BCUT2D eigenvalue weighted by Crippen LogP contribution is -2.40.